The Morgan fingerprint density at radius 1 is 1.29 bits per heavy atom. The number of carbonyl (C=O) groups excluding carboxylic acids is 1. The van der Waals surface area contributed by atoms with Crippen molar-refractivity contribution in [3.05, 3.63) is 0 Å². The molecule has 2 fully saturated rings. The largest absolute Gasteiger partial charge is 0.480 e. The van der Waals surface area contributed by atoms with Gasteiger partial charge in [0.15, 0.2) is 0 Å². The van der Waals surface area contributed by atoms with Gasteiger partial charge in [0.1, 0.15) is 6.04 Å². The normalized spacial score (nSPS) is 36.5. The Bertz CT molecular complexity index is 332. The number of nitrogens with one attached hydrogen (secondary N) is 1. The number of likely N-dealkylation sites (tertiary alicyclic amines) is 1. The van der Waals surface area contributed by atoms with E-state index >= 15 is 0 Å². The Hall–Kier alpha value is -1.26. The highest BCUT2D eigenvalue weighted by atomic mass is 16.4. The molecule has 96 valence electrons. The molecule has 0 aromatic rings. The molecule has 1 saturated carbocycles. The predicted octanol–water partition coefficient (Wildman–Crippen LogP) is 1.29. The molecular formula is C12H20N2O3. The first kappa shape index (κ1) is 12.2. The lowest BCUT2D eigenvalue weighted by molar-refractivity contribution is -0.145. The maximum Gasteiger partial charge on any atom is 0.326 e. The van der Waals surface area contributed by atoms with Crippen LogP contribution in [-0.2, 0) is 4.79 Å². The van der Waals surface area contributed by atoms with E-state index in [-0.39, 0.29) is 18.0 Å². The molecule has 1 aliphatic heterocycles. The van der Waals surface area contributed by atoms with Crippen molar-refractivity contribution in [3.63, 3.8) is 0 Å². The summed E-state index contributed by atoms with van der Waals surface area (Å²) < 4.78 is 0. The molecule has 0 radical (unpaired) electrons. The van der Waals surface area contributed by atoms with Gasteiger partial charge in [-0.15, -0.1) is 0 Å². The second-order valence-corrected chi connectivity index (χ2v) is 5.36. The number of carboxylic acid groups (broad SMARTS) is 1. The number of carboxylic acids is 1. The zero-order chi connectivity index (χ0) is 12.6. The number of nitrogens with zero attached hydrogens (tertiary/aromatic N) is 1. The van der Waals surface area contributed by atoms with Gasteiger partial charge in [0.2, 0.25) is 0 Å². The fraction of sp³-hybridized carbons (Fsp3) is 0.833. The second-order valence-electron chi connectivity index (χ2n) is 5.36. The molecule has 0 aromatic carbocycles. The molecule has 0 spiro atoms. The lowest BCUT2D eigenvalue weighted by atomic mass is 9.91. The smallest absolute Gasteiger partial charge is 0.326 e. The van der Waals surface area contributed by atoms with Gasteiger partial charge in [0.05, 0.1) is 0 Å². The number of amides is 2. The van der Waals surface area contributed by atoms with Gasteiger partial charge in [0.25, 0.3) is 0 Å². The van der Waals surface area contributed by atoms with Crippen LogP contribution in [0.1, 0.15) is 33.1 Å². The molecule has 1 aliphatic carbocycles. The summed E-state index contributed by atoms with van der Waals surface area (Å²) in [6, 6.07) is -0.634. The minimum Gasteiger partial charge on any atom is -0.480 e. The van der Waals surface area contributed by atoms with Crippen molar-refractivity contribution in [3.8, 4) is 0 Å². The zero-order valence-electron chi connectivity index (χ0n) is 10.3. The number of hydrogen-bond acceptors (Lipinski definition) is 2. The summed E-state index contributed by atoms with van der Waals surface area (Å²) in [4.78, 5) is 24.7. The summed E-state index contributed by atoms with van der Waals surface area (Å²) in [5.41, 5.74) is 0. The predicted molar refractivity (Wildman–Crippen MR) is 62.6 cm³/mol. The monoisotopic (exact) mass is 240 g/mol. The molecule has 4 atom stereocenters. The number of carbonyl (C=O) groups is 2. The van der Waals surface area contributed by atoms with E-state index in [2.05, 4.69) is 12.2 Å². The van der Waals surface area contributed by atoms with E-state index in [9.17, 15) is 14.7 Å². The molecular weight excluding hydrogens is 220 g/mol. The van der Waals surface area contributed by atoms with Crippen molar-refractivity contribution >= 4 is 12.0 Å². The van der Waals surface area contributed by atoms with E-state index in [1.54, 1.807) is 0 Å². The van der Waals surface area contributed by atoms with Crippen LogP contribution in [0.4, 0.5) is 4.79 Å². The van der Waals surface area contributed by atoms with E-state index in [1.165, 1.54) is 4.90 Å². The molecule has 5 heteroatoms. The molecule has 2 N–H and O–H groups in total. The van der Waals surface area contributed by atoms with E-state index in [0.29, 0.717) is 12.5 Å². The number of rotatable bonds is 2. The Kier molecular flexibility index (Phi) is 3.26. The summed E-state index contributed by atoms with van der Waals surface area (Å²) >= 11 is 0. The van der Waals surface area contributed by atoms with Gasteiger partial charge in [-0.25, -0.2) is 9.59 Å². The van der Waals surface area contributed by atoms with Crippen LogP contribution in [0.2, 0.25) is 0 Å². The Balaban J connectivity index is 2.00. The molecule has 0 aromatic heterocycles. The molecule has 1 heterocycles. The number of urea groups is 1. The molecule has 2 rings (SSSR count). The molecule has 2 aliphatic rings. The fourth-order valence-electron chi connectivity index (χ4n) is 2.56. The van der Waals surface area contributed by atoms with Crippen molar-refractivity contribution in [1.29, 1.82) is 0 Å². The van der Waals surface area contributed by atoms with E-state index in [1.807, 2.05) is 6.92 Å². The van der Waals surface area contributed by atoms with Gasteiger partial charge in [-0.3, -0.25) is 0 Å². The van der Waals surface area contributed by atoms with Crippen molar-refractivity contribution in [2.45, 2.75) is 45.2 Å². The van der Waals surface area contributed by atoms with Crippen LogP contribution in [0.5, 0.6) is 0 Å². The summed E-state index contributed by atoms with van der Waals surface area (Å²) in [5.74, 6) is -0.329. The van der Waals surface area contributed by atoms with Crippen molar-refractivity contribution in [2.75, 3.05) is 6.54 Å². The highest BCUT2D eigenvalue weighted by Crippen LogP contribution is 2.30. The topological polar surface area (TPSA) is 69.6 Å². The number of piperidine rings is 1. The van der Waals surface area contributed by atoms with Crippen LogP contribution in [0, 0.1) is 11.8 Å². The summed E-state index contributed by atoms with van der Waals surface area (Å²) in [5, 5.41) is 12.1. The number of hydrogen-bond donors (Lipinski definition) is 2. The molecule has 17 heavy (non-hydrogen) atoms. The fourth-order valence-corrected chi connectivity index (χ4v) is 2.56. The van der Waals surface area contributed by atoms with Gasteiger partial charge in [-0.05, 0) is 31.1 Å². The summed E-state index contributed by atoms with van der Waals surface area (Å²) in [6.45, 7) is 4.53. The van der Waals surface area contributed by atoms with Crippen LogP contribution < -0.4 is 5.32 Å². The van der Waals surface area contributed by atoms with Gasteiger partial charge >= 0.3 is 12.0 Å². The van der Waals surface area contributed by atoms with Gasteiger partial charge < -0.3 is 15.3 Å². The van der Waals surface area contributed by atoms with Gasteiger partial charge in [-0.1, -0.05) is 13.8 Å². The standard InChI is InChI=1S/C12H20N2O3/c1-7-4-3-5-14(10(7)11(15)16)12(17)13-9-6-8(9)2/h7-10H,3-6H2,1-2H3,(H,13,17)(H,15,16). The van der Waals surface area contributed by atoms with E-state index in [4.69, 9.17) is 0 Å². The average Bonchev–Trinajstić information content (AvgIpc) is 2.93. The zero-order valence-corrected chi connectivity index (χ0v) is 10.3. The highest BCUT2D eigenvalue weighted by molar-refractivity contribution is 5.83. The SMILES string of the molecule is CC1CC1NC(=O)N1CCCC(C)C1C(=O)O. The third kappa shape index (κ3) is 2.53. The van der Waals surface area contributed by atoms with E-state index in [0.717, 1.165) is 19.3 Å². The first-order valence-corrected chi connectivity index (χ1v) is 6.30. The quantitative estimate of drug-likeness (QED) is 0.764. The van der Waals surface area contributed by atoms with E-state index < -0.39 is 12.0 Å². The maximum atomic E-state index is 12.0. The Morgan fingerprint density at radius 2 is 1.94 bits per heavy atom. The molecule has 0 bridgehead atoms. The second kappa shape index (κ2) is 4.55. The lowest BCUT2D eigenvalue weighted by Crippen LogP contribution is -2.55. The van der Waals surface area contributed by atoms with Crippen LogP contribution >= 0.6 is 0 Å². The van der Waals surface area contributed by atoms with Crippen LogP contribution in [-0.4, -0.2) is 40.6 Å². The van der Waals surface area contributed by atoms with Crippen molar-refractivity contribution < 1.29 is 14.7 Å². The molecule has 4 unspecified atom stereocenters. The average molecular weight is 240 g/mol. The maximum absolute atomic E-state index is 12.0. The number of aliphatic carboxylic acids is 1. The highest BCUT2D eigenvalue weighted by Gasteiger charge is 2.40. The van der Waals surface area contributed by atoms with Gasteiger partial charge in [0, 0.05) is 12.6 Å². The first-order valence-electron chi connectivity index (χ1n) is 6.30. The van der Waals surface area contributed by atoms with Crippen LogP contribution in [0.15, 0.2) is 0 Å². The summed E-state index contributed by atoms with van der Waals surface area (Å²) in [7, 11) is 0. The third-order valence-corrected chi connectivity index (χ3v) is 3.87. The van der Waals surface area contributed by atoms with Crippen LogP contribution in [0.3, 0.4) is 0 Å². The minimum absolute atomic E-state index is 0.0311. The molecule has 5 nitrogen and oxygen atoms in total. The van der Waals surface area contributed by atoms with Gasteiger partial charge in [-0.2, -0.15) is 0 Å². The molecule has 2 amide bonds. The Labute approximate surface area is 101 Å². The minimum atomic E-state index is -0.892. The lowest BCUT2D eigenvalue weighted by Gasteiger charge is -2.37. The summed E-state index contributed by atoms with van der Waals surface area (Å²) in [6.07, 6.45) is 2.77. The third-order valence-electron chi connectivity index (χ3n) is 3.87. The molecule has 1 saturated heterocycles. The van der Waals surface area contributed by atoms with Crippen molar-refractivity contribution in [1.82, 2.24) is 10.2 Å². The Morgan fingerprint density at radius 3 is 2.47 bits per heavy atom. The van der Waals surface area contributed by atoms with Crippen LogP contribution in [0.25, 0.3) is 0 Å². The first-order chi connectivity index (χ1) is 8.00. The van der Waals surface area contributed by atoms with Crippen molar-refractivity contribution in [2.24, 2.45) is 11.8 Å².